The molecule has 0 aromatic carbocycles. The smallest absolute Gasteiger partial charge is 0.176 e. The lowest BCUT2D eigenvalue weighted by Gasteiger charge is -1.87. The van der Waals surface area contributed by atoms with Gasteiger partial charge in [-0.1, -0.05) is 11.3 Å². The molecule has 1 aromatic rings. The summed E-state index contributed by atoms with van der Waals surface area (Å²) in [5.74, 6) is 0. The van der Waals surface area contributed by atoms with Crippen molar-refractivity contribution in [3.05, 3.63) is 15.0 Å². The summed E-state index contributed by atoms with van der Waals surface area (Å²) in [5, 5.41) is 0. The quantitative estimate of drug-likeness (QED) is 0.579. The maximum atomic E-state index is 5.93. The summed E-state index contributed by atoms with van der Waals surface area (Å²) in [6.07, 6.45) is 0. The minimum absolute atomic E-state index is 0.887. The highest BCUT2D eigenvalue weighted by atomic mass is 35.5. The number of thiazole rings is 1. The zero-order valence-electron chi connectivity index (χ0n) is 6.44. The Morgan fingerprint density at radius 3 is 2.30 bits per heavy atom. The van der Waals surface area contributed by atoms with Gasteiger partial charge in [-0.25, -0.2) is 0 Å². The van der Waals surface area contributed by atoms with Gasteiger partial charge in [0.05, 0.1) is 4.88 Å². The van der Waals surface area contributed by atoms with E-state index in [2.05, 4.69) is 25.3 Å². The molecular weight excluding hydrogens is 166 g/mol. The van der Waals surface area contributed by atoms with Crippen LogP contribution < -0.4 is 4.57 Å². The number of halogens is 1. The predicted molar refractivity (Wildman–Crippen MR) is 44.7 cm³/mol. The van der Waals surface area contributed by atoms with Crippen molar-refractivity contribution in [1.29, 1.82) is 0 Å². The van der Waals surface area contributed by atoms with Gasteiger partial charge in [-0.2, -0.15) is 4.57 Å². The minimum atomic E-state index is 0.887. The molecule has 0 unspecified atom stereocenters. The molecule has 56 valence electrons. The molecule has 1 heterocycles. The molecule has 0 aliphatic heterocycles. The van der Waals surface area contributed by atoms with Crippen molar-refractivity contribution < 1.29 is 4.57 Å². The number of aromatic nitrogens is 1. The van der Waals surface area contributed by atoms with Crippen molar-refractivity contribution in [1.82, 2.24) is 0 Å². The van der Waals surface area contributed by atoms with E-state index >= 15 is 0 Å². The Morgan fingerprint density at radius 1 is 1.50 bits per heavy atom. The van der Waals surface area contributed by atoms with E-state index in [0.717, 1.165) is 11.0 Å². The van der Waals surface area contributed by atoms with Crippen LogP contribution in [0.5, 0.6) is 0 Å². The molecule has 0 fully saturated rings. The molecule has 1 rings (SSSR count). The van der Waals surface area contributed by atoms with Crippen LogP contribution in [0.1, 0.15) is 17.5 Å². The maximum absolute atomic E-state index is 5.93. The standard InChI is InChI=1S/C7H11ClNS/c1-4-9-5(2)6(3)10-7(9)8/h4H2,1-3H3/q+1. The maximum Gasteiger partial charge on any atom is 0.333 e. The Balaban J connectivity index is 3.20. The van der Waals surface area contributed by atoms with E-state index in [9.17, 15) is 0 Å². The third-order valence-electron chi connectivity index (χ3n) is 1.68. The monoisotopic (exact) mass is 176 g/mol. The first-order valence-electron chi connectivity index (χ1n) is 3.32. The van der Waals surface area contributed by atoms with E-state index in [1.165, 1.54) is 10.6 Å². The van der Waals surface area contributed by atoms with E-state index in [-0.39, 0.29) is 0 Å². The fourth-order valence-corrected chi connectivity index (χ4v) is 2.42. The zero-order valence-corrected chi connectivity index (χ0v) is 8.01. The number of rotatable bonds is 1. The highest BCUT2D eigenvalue weighted by Gasteiger charge is 2.16. The Morgan fingerprint density at radius 2 is 2.10 bits per heavy atom. The van der Waals surface area contributed by atoms with Crippen molar-refractivity contribution in [2.45, 2.75) is 27.3 Å². The summed E-state index contributed by atoms with van der Waals surface area (Å²) in [4.78, 5) is 1.31. The van der Waals surface area contributed by atoms with Crippen molar-refractivity contribution >= 4 is 22.9 Å². The van der Waals surface area contributed by atoms with Crippen LogP contribution in [0.3, 0.4) is 0 Å². The van der Waals surface area contributed by atoms with Gasteiger partial charge in [0, 0.05) is 18.5 Å². The summed E-state index contributed by atoms with van der Waals surface area (Å²) in [6.45, 7) is 7.26. The van der Waals surface area contributed by atoms with E-state index in [0.29, 0.717) is 0 Å². The lowest BCUT2D eigenvalue weighted by molar-refractivity contribution is -0.692. The molecule has 0 atom stereocenters. The van der Waals surface area contributed by atoms with Gasteiger partial charge in [-0.05, 0) is 13.8 Å². The first-order chi connectivity index (χ1) is 4.66. The Labute approximate surface area is 70.3 Å². The molecule has 0 spiro atoms. The SMILES string of the molecule is CC[n+]1c(Cl)sc(C)c1C. The van der Waals surface area contributed by atoms with Crippen molar-refractivity contribution in [3.63, 3.8) is 0 Å². The number of hydrogen-bond donors (Lipinski definition) is 0. The lowest BCUT2D eigenvalue weighted by atomic mass is 10.4. The number of nitrogens with zero attached hydrogens (tertiary/aromatic N) is 1. The average Bonchev–Trinajstić information content (AvgIpc) is 2.09. The average molecular weight is 177 g/mol. The molecule has 0 aliphatic carbocycles. The van der Waals surface area contributed by atoms with Gasteiger partial charge in [0.1, 0.15) is 6.54 Å². The second-order valence-electron chi connectivity index (χ2n) is 2.24. The molecule has 3 heteroatoms. The van der Waals surface area contributed by atoms with Crippen LogP contribution in [0, 0.1) is 13.8 Å². The molecule has 0 amide bonds. The van der Waals surface area contributed by atoms with E-state index in [4.69, 9.17) is 11.6 Å². The van der Waals surface area contributed by atoms with Crippen molar-refractivity contribution in [3.8, 4) is 0 Å². The number of aryl methyl sites for hydroxylation is 1. The van der Waals surface area contributed by atoms with Crippen molar-refractivity contribution in [2.24, 2.45) is 0 Å². The molecule has 0 bridgehead atoms. The molecule has 10 heavy (non-hydrogen) atoms. The Kier molecular flexibility index (Phi) is 2.32. The summed E-state index contributed by atoms with van der Waals surface area (Å²) < 4.78 is 3.00. The molecule has 0 aliphatic rings. The van der Waals surface area contributed by atoms with Crippen molar-refractivity contribution in [2.75, 3.05) is 0 Å². The highest BCUT2D eigenvalue weighted by Crippen LogP contribution is 2.18. The van der Waals surface area contributed by atoms with Crippen LogP contribution in [-0.2, 0) is 6.54 Å². The zero-order chi connectivity index (χ0) is 7.72. The van der Waals surface area contributed by atoms with Gasteiger partial charge in [-0.15, -0.1) is 0 Å². The van der Waals surface area contributed by atoms with Gasteiger partial charge in [-0.3, -0.25) is 0 Å². The lowest BCUT2D eigenvalue weighted by Crippen LogP contribution is -2.34. The van der Waals surface area contributed by atoms with Gasteiger partial charge >= 0.3 is 4.47 Å². The van der Waals surface area contributed by atoms with Crippen LogP contribution in [-0.4, -0.2) is 0 Å². The first kappa shape index (κ1) is 8.02. The van der Waals surface area contributed by atoms with Gasteiger partial charge in [0.15, 0.2) is 5.69 Å². The van der Waals surface area contributed by atoms with Crippen LogP contribution in [0.15, 0.2) is 0 Å². The summed E-state index contributed by atoms with van der Waals surface area (Å²) >= 11 is 7.58. The second kappa shape index (κ2) is 2.89. The van der Waals surface area contributed by atoms with Crippen LogP contribution in [0.4, 0.5) is 0 Å². The van der Waals surface area contributed by atoms with Gasteiger partial charge in [0.2, 0.25) is 0 Å². The van der Waals surface area contributed by atoms with Crippen LogP contribution in [0.2, 0.25) is 4.47 Å². The fourth-order valence-electron chi connectivity index (χ4n) is 0.939. The first-order valence-corrected chi connectivity index (χ1v) is 4.51. The van der Waals surface area contributed by atoms with E-state index < -0.39 is 0 Å². The molecule has 1 aromatic heterocycles. The largest absolute Gasteiger partial charge is 0.333 e. The molecule has 0 radical (unpaired) electrons. The minimum Gasteiger partial charge on any atom is -0.176 e. The second-order valence-corrected chi connectivity index (χ2v) is 4.03. The number of hydrogen-bond acceptors (Lipinski definition) is 1. The van der Waals surface area contributed by atoms with Gasteiger partial charge in [0.25, 0.3) is 0 Å². The topological polar surface area (TPSA) is 3.88 Å². The summed E-state index contributed by atoms with van der Waals surface area (Å²) in [7, 11) is 0. The molecule has 0 N–H and O–H groups in total. The molecular formula is C7H11ClNS+. The highest BCUT2D eigenvalue weighted by molar-refractivity contribution is 7.15. The fraction of sp³-hybridized carbons (Fsp3) is 0.571. The third-order valence-corrected chi connectivity index (χ3v) is 3.11. The van der Waals surface area contributed by atoms with Crippen LogP contribution >= 0.6 is 22.9 Å². The predicted octanol–water partition coefficient (Wildman–Crippen LogP) is 2.33. The summed E-state index contributed by atoms with van der Waals surface area (Å²) in [5.41, 5.74) is 1.29. The van der Waals surface area contributed by atoms with E-state index in [1.54, 1.807) is 11.3 Å². The third kappa shape index (κ3) is 1.18. The van der Waals surface area contributed by atoms with Crippen LogP contribution in [0.25, 0.3) is 0 Å². The molecule has 0 saturated heterocycles. The summed E-state index contributed by atoms with van der Waals surface area (Å²) in [6, 6.07) is 0. The molecule has 1 nitrogen and oxygen atoms in total. The Hall–Kier alpha value is -0.0800. The molecule has 0 saturated carbocycles. The van der Waals surface area contributed by atoms with Gasteiger partial charge < -0.3 is 0 Å². The normalized spacial score (nSPS) is 10.4. The van der Waals surface area contributed by atoms with E-state index in [1.807, 2.05) is 0 Å². The Bertz CT molecular complexity index is 242.